The van der Waals surface area contributed by atoms with E-state index in [-0.39, 0.29) is 98.9 Å². The number of ketones is 2. The van der Waals surface area contributed by atoms with E-state index in [1.54, 1.807) is 19.1 Å². The molecule has 5 heterocycles. The van der Waals surface area contributed by atoms with E-state index in [0.29, 0.717) is 34.7 Å². The Kier molecular flexibility index (Phi) is 25.9. The number of morpholine rings is 1. The molecule has 4 aliphatic heterocycles. The molecule has 3 aliphatic carbocycles. The Bertz CT molecular complexity index is 3870. The number of phenols is 2. The molecule has 10 atom stereocenters. The van der Waals surface area contributed by atoms with Crippen LogP contribution in [0.4, 0.5) is 0 Å². The molecular weight excluding hydrogens is 1380 g/mol. The molecule has 2 bridgehead atoms. The fourth-order valence-corrected chi connectivity index (χ4v) is 16.6. The molecular formula is C69H87N11O21S2. The number of benzene rings is 3. The molecule has 7 aliphatic rings. The second kappa shape index (κ2) is 35.1. The molecule has 1 aromatic heterocycles. The highest BCUT2D eigenvalue weighted by atomic mass is 32.2. The number of phenolic OH excluding ortho intramolecular Hbond substituents is 2. The van der Waals surface area contributed by atoms with Crippen LogP contribution < -0.4 is 47.3 Å². The SMILES string of the molecule is COc1cccc2c1C(=O)c1c(O)c3c(c(O)c1C2=O)C[C@@](O)(C(=O)NCCNC(=O)CNC(=O)CNC(=O)CNC(=O)CNC(=O)CNC(=O)CCOCCOCCNC(=O)c1ccc2nc4c(nc2c1)CSC1CCCCCC(C1)SC4)C[C@@H]3O[C@H]1C[C@H]2[C@H](O[C@@H]3[C@@H](OC)OCCN32)[C@H](C)O1. The summed E-state index contributed by atoms with van der Waals surface area (Å²) >= 11 is 3.99. The summed E-state index contributed by atoms with van der Waals surface area (Å²) in [6.07, 6.45) is 1.78. The van der Waals surface area contributed by atoms with E-state index in [0.717, 1.165) is 28.4 Å². The van der Waals surface area contributed by atoms with Crippen molar-refractivity contribution in [3.63, 3.8) is 0 Å². The average molecular weight is 1470 g/mol. The maximum absolute atomic E-state index is 14.3. The maximum atomic E-state index is 14.3. The molecule has 4 aromatic rings. The van der Waals surface area contributed by atoms with Crippen molar-refractivity contribution in [1.82, 2.24) is 57.4 Å². The summed E-state index contributed by atoms with van der Waals surface area (Å²) in [5, 5.41) is 57.2. The van der Waals surface area contributed by atoms with Crippen molar-refractivity contribution in [2.45, 2.75) is 142 Å². The summed E-state index contributed by atoms with van der Waals surface area (Å²) in [7, 11) is 2.82. The van der Waals surface area contributed by atoms with Crippen LogP contribution in [0, 0.1) is 0 Å². The minimum absolute atomic E-state index is 0.0407. The highest BCUT2D eigenvalue weighted by Crippen LogP contribution is 2.53. The van der Waals surface area contributed by atoms with Gasteiger partial charge in [-0.15, -0.1) is 0 Å². The van der Waals surface area contributed by atoms with Crippen LogP contribution in [0.15, 0.2) is 36.4 Å². The molecule has 1 saturated carbocycles. The number of hydrogen-bond acceptors (Lipinski definition) is 26. The molecule has 3 aromatic carbocycles. The van der Waals surface area contributed by atoms with E-state index in [1.807, 2.05) is 29.6 Å². The largest absolute Gasteiger partial charge is 0.507 e. The molecule has 34 heteroatoms. The van der Waals surface area contributed by atoms with Crippen LogP contribution in [-0.4, -0.2) is 248 Å². The number of aromatic hydroxyl groups is 2. The molecule has 4 fully saturated rings. The van der Waals surface area contributed by atoms with E-state index >= 15 is 0 Å². The predicted octanol–water partition coefficient (Wildman–Crippen LogP) is 0.331. The summed E-state index contributed by atoms with van der Waals surface area (Å²) in [6.45, 7) is 0.398. The number of aromatic nitrogens is 2. The Morgan fingerprint density at radius 1 is 0.670 bits per heavy atom. The number of aliphatic hydroxyl groups is 1. The number of carbonyl (C=O) groups excluding carboxylic acids is 10. The molecule has 8 amide bonds. The predicted molar refractivity (Wildman–Crippen MR) is 369 cm³/mol. The van der Waals surface area contributed by atoms with Gasteiger partial charge in [0.1, 0.15) is 29.0 Å². The number of hydrogen-bond donors (Lipinski definition) is 11. The lowest BCUT2D eigenvalue weighted by Gasteiger charge is -2.43. The number of thioether (sulfide) groups is 2. The van der Waals surface area contributed by atoms with Crippen molar-refractivity contribution in [3.8, 4) is 17.2 Å². The van der Waals surface area contributed by atoms with Crippen LogP contribution in [-0.2, 0) is 84.6 Å². The van der Waals surface area contributed by atoms with Crippen molar-refractivity contribution in [2.24, 2.45) is 0 Å². The molecule has 11 N–H and O–H groups in total. The van der Waals surface area contributed by atoms with Gasteiger partial charge in [0, 0.05) is 109 Å². The summed E-state index contributed by atoms with van der Waals surface area (Å²) in [4.78, 5) is 142. The molecule has 2 unspecified atom stereocenters. The zero-order chi connectivity index (χ0) is 72.9. The van der Waals surface area contributed by atoms with E-state index in [2.05, 4.69) is 47.4 Å². The molecule has 32 nitrogen and oxygen atoms in total. The number of amides is 8. The first-order valence-corrected chi connectivity index (χ1v) is 36.6. The quantitative estimate of drug-likeness (QED) is 0.0237. The molecule has 0 radical (unpaired) electrons. The molecule has 556 valence electrons. The van der Waals surface area contributed by atoms with Crippen molar-refractivity contribution in [3.05, 3.63) is 86.7 Å². The van der Waals surface area contributed by atoms with Gasteiger partial charge in [0.25, 0.3) is 11.8 Å². The number of nitrogens with one attached hydrogen (secondary N) is 8. The minimum atomic E-state index is -2.40. The van der Waals surface area contributed by atoms with Gasteiger partial charge in [-0.1, -0.05) is 31.4 Å². The Labute approximate surface area is 601 Å². The topological polar surface area (TPSA) is 430 Å². The summed E-state index contributed by atoms with van der Waals surface area (Å²) in [5.41, 5.74) is -0.0936. The fourth-order valence-electron chi connectivity index (χ4n) is 13.8. The molecule has 103 heavy (non-hydrogen) atoms. The van der Waals surface area contributed by atoms with E-state index < -0.39 is 164 Å². The third-order valence-electron chi connectivity index (χ3n) is 19.0. The van der Waals surface area contributed by atoms with Crippen molar-refractivity contribution in [1.29, 1.82) is 0 Å². The first kappa shape index (κ1) is 76.0. The number of fused-ring (bicyclic) bond motifs is 10. The van der Waals surface area contributed by atoms with Gasteiger partial charge in [-0.05, 0) is 50.5 Å². The number of ether oxygens (including phenoxy) is 8. The number of carbonyl (C=O) groups is 10. The van der Waals surface area contributed by atoms with Gasteiger partial charge in [0.15, 0.2) is 24.6 Å². The second-order valence-corrected chi connectivity index (χ2v) is 28.6. The number of nitrogens with zero attached hydrogens (tertiary/aromatic N) is 3. The van der Waals surface area contributed by atoms with Crippen LogP contribution in [0.25, 0.3) is 11.0 Å². The van der Waals surface area contributed by atoms with E-state index in [1.165, 1.54) is 70.9 Å². The van der Waals surface area contributed by atoms with Crippen LogP contribution in [0.5, 0.6) is 17.2 Å². The summed E-state index contributed by atoms with van der Waals surface area (Å²) < 4.78 is 47.0. The number of rotatable bonds is 28. The fraction of sp³-hybridized carbons (Fsp3) is 0.565. The lowest BCUT2D eigenvalue weighted by atomic mass is 9.72. The third-order valence-corrected chi connectivity index (χ3v) is 21.7. The molecule has 3 saturated heterocycles. The Hall–Kier alpha value is -8.16. The number of methoxy groups -OCH3 is 2. The first-order valence-electron chi connectivity index (χ1n) is 34.5. The van der Waals surface area contributed by atoms with E-state index in [4.69, 9.17) is 47.9 Å². The van der Waals surface area contributed by atoms with Gasteiger partial charge in [-0.2, -0.15) is 23.5 Å². The van der Waals surface area contributed by atoms with Gasteiger partial charge in [-0.25, -0.2) is 9.97 Å². The Morgan fingerprint density at radius 2 is 1.29 bits per heavy atom. The Balaban J connectivity index is 0.540. The monoisotopic (exact) mass is 1470 g/mol. The lowest BCUT2D eigenvalue weighted by Crippen LogP contribution is -2.55. The maximum Gasteiger partial charge on any atom is 0.252 e. The summed E-state index contributed by atoms with van der Waals surface area (Å²) in [6, 6.07) is 9.43. The zero-order valence-electron chi connectivity index (χ0n) is 57.4. The van der Waals surface area contributed by atoms with Gasteiger partial charge >= 0.3 is 0 Å². The second-order valence-electron chi connectivity index (χ2n) is 26.0. The normalized spacial score (nSPS) is 24.2. The first-order chi connectivity index (χ1) is 49.7. The zero-order valence-corrected chi connectivity index (χ0v) is 59.0. The van der Waals surface area contributed by atoms with Crippen LogP contribution >= 0.6 is 23.5 Å². The van der Waals surface area contributed by atoms with Gasteiger partial charge in [0.2, 0.25) is 41.2 Å². The van der Waals surface area contributed by atoms with E-state index in [9.17, 15) is 63.3 Å². The minimum Gasteiger partial charge on any atom is -0.507 e. The average Bonchev–Trinajstić information content (AvgIpc) is 1.26. The third kappa shape index (κ3) is 18.5. The van der Waals surface area contributed by atoms with Crippen molar-refractivity contribution >= 4 is 93.4 Å². The van der Waals surface area contributed by atoms with Gasteiger partial charge in [0.05, 0.1) is 124 Å². The van der Waals surface area contributed by atoms with Gasteiger partial charge < -0.3 is 95.7 Å². The van der Waals surface area contributed by atoms with Crippen LogP contribution in [0.3, 0.4) is 0 Å². The standard InChI is InChI=1S/C69H87N11O21S2/c1-36-64-46(80-18-21-98-67(95-3)66(80)101-64)26-55(99-36)100-48-28-69(93,27-41-57(48)63(90)59-58(61(41)88)60(87)40-10-7-11-47(94-2)56(40)62(59)89)68(92)72-16-15-70-50(82)29-74-52(84)31-76-54(86)33-77-53(85)32-75-51(83)30-73-49(81)14-19-96-22-23-97-20-17-71-65(91)37-12-13-42-43(24-37)79-45-35-103-39-9-6-4-5-8-38(25-39)102-34-44(45)78-42/h7,10-13,24,36,38-39,46,48,55,64,66-67,88,90,93H,4-6,8-9,14-23,25-35H2,1-3H3,(H,70,82)(H,71,91)(H,72,92)(H,73,81)(H,74,84)(H,75,83)(H,76,86)(H,77,85)/t36-,38?,39?,46-,48-,55-,64+,66+,67-,69-/m0/s1. The highest BCUT2D eigenvalue weighted by Gasteiger charge is 2.55. The smallest absolute Gasteiger partial charge is 0.252 e. The highest BCUT2D eigenvalue weighted by molar-refractivity contribution is 8.00. The molecule has 0 spiro atoms. The lowest BCUT2D eigenvalue weighted by molar-refractivity contribution is -0.256. The van der Waals surface area contributed by atoms with Crippen molar-refractivity contribution < 1.29 is 101 Å². The Morgan fingerprint density at radius 3 is 1.95 bits per heavy atom. The van der Waals surface area contributed by atoms with Crippen LogP contribution in [0.2, 0.25) is 0 Å². The summed E-state index contributed by atoms with van der Waals surface area (Å²) in [5.74, 6) is -6.80. The van der Waals surface area contributed by atoms with Crippen LogP contribution in [0.1, 0.15) is 136 Å². The molecule has 11 rings (SSSR count). The van der Waals surface area contributed by atoms with Gasteiger partial charge in [-0.3, -0.25) is 52.8 Å². The van der Waals surface area contributed by atoms with Crippen molar-refractivity contribution in [2.75, 3.05) is 106 Å².